The van der Waals surface area contributed by atoms with Crippen molar-refractivity contribution in [3.63, 3.8) is 0 Å². The third-order valence-electron chi connectivity index (χ3n) is 0.629. The average Bonchev–Trinajstić information content (AvgIpc) is 1.59. The first-order valence-corrected chi connectivity index (χ1v) is 2.95. The lowest BCUT2D eigenvalue weighted by Gasteiger charge is -2.15. The molecule has 62 valence electrons. The van der Waals surface area contributed by atoms with E-state index in [4.69, 9.17) is 0 Å². The minimum Gasteiger partial charge on any atom is -1.00 e. The number of hydrogen-bond donors (Lipinski definition) is 0. The van der Waals surface area contributed by atoms with Gasteiger partial charge in [-0.2, -0.15) is 0 Å². The molecule has 0 fully saturated rings. The Morgan fingerprint density at radius 3 is 1.70 bits per heavy atom. The largest absolute Gasteiger partial charge is 1.00 e. The van der Waals surface area contributed by atoms with Crippen LogP contribution in [0.25, 0.3) is 0 Å². The molecule has 0 bridgehead atoms. The van der Waals surface area contributed by atoms with Crippen molar-refractivity contribution in [2.75, 3.05) is 35.2 Å². The SMILES string of the molecule is CN(C)C=N[N+](C)(C)C.[I-]. The third-order valence-corrected chi connectivity index (χ3v) is 0.629. The summed E-state index contributed by atoms with van der Waals surface area (Å²) < 4.78 is 0.623. The first kappa shape index (κ1) is 12.8. The molecule has 3 nitrogen and oxygen atoms in total. The normalized spacial score (nSPS) is 11.3. The second-order valence-electron chi connectivity index (χ2n) is 3.14. The summed E-state index contributed by atoms with van der Waals surface area (Å²) in [7, 11) is 9.96. The van der Waals surface area contributed by atoms with Gasteiger partial charge in [-0.25, -0.2) is 4.59 Å². The molecule has 0 aliphatic carbocycles. The van der Waals surface area contributed by atoms with Crippen molar-refractivity contribution in [1.29, 1.82) is 0 Å². The molecule has 0 unspecified atom stereocenters. The van der Waals surface area contributed by atoms with Crippen molar-refractivity contribution in [2.45, 2.75) is 0 Å². The molecule has 0 amide bonds. The molecule has 0 aliphatic rings. The van der Waals surface area contributed by atoms with Crippen LogP contribution in [0.1, 0.15) is 0 Å². The third kappa shape index (κ3) is 11.0. The Bertz CT molecular complexity index is 104. The van der Waals surface area contributed by atoms with E-state index in [0.29, 0.717) is 4.59 Å². The zero-order valence-corrected chi connectivity index (χ0v) is 9.45. The lowest BCUT2D eigenvalue weighted by molar-refractivity contribution is -0.876. The van der Waals surface area contributed by atoms with E-state index in [1.165, 1.54) is 0 Å². The number of quaternary nitrogens is 1. The lowest BCUT2D eigenvalue weighted by atomic mass is 10.9. The summed E-state index contributed by atoms with van der Waals surface area (Å²) in [6, 6.07) is 0. The Morgan fingerprint density at radius 1 is 1.20 bits per heavy atom. The minimum absolute atomic E-state index is 0. The van der Waals surface area contributed by atoms with Gasteiger partial charge in [-0.15, -0.1) is 0 Å². The molecule has 0 aromatic carbocycles. The molecule has 0 aromatic rings. The predicted octanol–water partition coefficient (Wildman–Crippen LogP) is -2.80. The molecule has 0 atom stereocenters. The van der Waals surface area contributed by atoms with Crippen LogP contribution in [0, 0.1) is 0 Å². The van der Waals surface area contributed by atoms with Crippen molar-refractivity contribution in [1.82, 2.24) is 4.90 Å². The summed E-state index contributed by atoms with van der Waals surface area (Å²) in [5, 5.41) is 4.19. The fourth-order valence-corrected chi connectivity index (χ4v) is 0.258. The van der Waals surface area contributed by atoms with Crippen LogP contribution < -0.4 is 24.0 Å². The van der Waals surface area contributed by atoms with Gasteiger partial charge in [-0.1, -0.05) is 5.10 Å². The maximum atomic E-state index is 4.19. The fourth-order valence-electron chi connectivity index (χ4n) is 0.258. The van der Waals surface area contributed by atoms with Crippen molar-refractivity contribution in [3.8, 4) is 0 Å². The topological polar surface area (TPSA) is 15.6 Å². The highest BCUT2D eigenvalue weighted by Crippen LogP contribution is 1.87. The van der Waals surface area contributed by atoms with Gasteiger partial charge in [0, 0.05) is 14.1 Å². The number of halogens is 1. The van der Waals surface area contributed by atoms with Crippen LogP contribution in [-0.4, -0.2) is 51.1 Å². The van der Waals surface area contributed by atoms with Crippen LogP contribution in [0.3, 0.4) is 0 Å². The quantitative estimate of drug-likeness (QED) is 0.172. The van der Waals surface area contributed by atoms with Crippen LogP contribution in [0.15, 0.2) is 5.10 Å². The Morgan fingerprint density at radius 2 is 1.60 bits per heavy atom. The zero-order valence-electron chi connectivity index (χ0n) is 7.30. The smallest absolute Gasteiger partial charge is 0.146 e. The second kappa shape index (κ2) is 4.90. The highest BCUT2D eigenvalue weighted by atomic mass is 127. The molecule has 4 heteroatoms. The van der Waals surface area contributed by atoms with E-state index >= 15 is 0 Å². The molecule has 0 heterocycles. The van der Waals surface area contributed by atoms with Crippen LogP contribution in [0.5, 0.6) is 0 Å². The molecule has 0 aliphatic heterocycles. The zero-order chi connectivity index (χ0) is 7.49. The van der Waals surface area contributed by atoms with E-state index in [9.17, 15) is 0 Å². The van der Waals surface area contributed by atoms with Crippen LogP contribution >= 0.6 is 0 Å². The Labute approximate surface area is 80.3 Å². The standard InChI is InChI=1S/C6H16N3.HI/c1-8(2)6-7-9(3,4)5;/h6H,1-5H3;1H/q+1;/p-1. The van der Waals surface area contributed by atoms with Gasteiger partial charge in [-0.3, -0.25) is 0 Å². The molecule has 0 radical (unpaired) electrons. The van der Waals surface area contributed by atoms with Gasteiger partial charge in [-0.05, 0) is 0 Å². The summed E-state index contributed by atoms with van der Waals surface area (Å²) in [5.41, 5.74) is 0. The summed E-state index contributed by atoms with van der Waals surface area (Å²) in [6.45, 7) is 0. The minimum atomic E-state index is 0. The maximum Gasteiger partial charge on any atom is 0.146 e. The van der Waals surface area contributed by atoms with E-state index in [1.807, 2.05) is 40.1 Å². The summed E-state index contributed by atoms with van der Waals surface area (Å²) in [4.78, 5) is 1.92. The van der Waals surface area contributed by atoms with E-state index in [2.05, 4.69) is 5.10 Å². The number of hydrogen-bond acceptors (Lipinski definition) is 1. The fraction of sp³-hybridized carbons (Fsp3) is 0.833. The summed E-state index contributed by atoms with van der Waals surface area (Å²) >= 11 is 0. The van der Waals surface area contributed by atoms with Gasteiger partial charge in [0.05, 0.1) is 21.1 Å². The predicted molar refractivity (Wildman–Crippen MR) is 40.2 cm³/mol. The van der Waals surface area contributed by atoms with Crippen molar-refractivity contribution >= 4 is 6.34 Å². The molecule has 10 heavy (non-hydrogen) atoms. The van der Waals surface area contributed by atoms with Gasteiger partial charge < -0.3 is 28.9 Å². The Hall–Kier alpha value is 0.160. The van der Waals surface area contributed by atoms with Crippen molar-refractivity contribution < 1.29 is 28.6 Å². The van der Waals surface area contributed by atoms with E-state index < -0.39 is 0 Å². The van der Waals surface area contributed by atoms with Gasteiger partial charge in [0.2, 0.25) is 0 Å². The molecular weight excluding hydrogens is 241 g/mol. The van der Waals surface area contributed by atoms with Gasteiger partial charge in [0.1, 0.15) is 6.34 Å². The van der Waals surface area contributed by atoms with Crippen LogP contribution in [0.2, 0.25) is 0 Å². The average molecular weight is 257 g/mol. The van der Waals surface area contributed by atoms with Crippen molar-refractivity contribution in [2.24, 2.45) is 5.10 Å². The molecule has 0 saturated heterocycles. The molecule has 0 saturated carbocycles. The first-order valence-electron chi connectivity index (χ1n) is 2.95. The van der Waals surface area contributed by atoms with Crippen LogP contribution in [0.4, 0.5) is 0 Å². The highest BCUT2D eigenvalue weighted by molar-refractivity contribution is 5.52. The summed E-state index contributed by atoms with van der Waals surface area (Å²) in [6.07, 6.45) is 1.81. The molecule has 0 aromatic heterocycles. The lowest BCUT2D eigenvalue weighted by Crippen LogP contribution is -3.00. The summed E-state index contributed by atoms with van der Waals surface area (Å²) in [5.74, 6) is 0. The highest BCUT2D eigenvalue weighted by Gasteiger charge is 2.00. The molecular formula is C6H16IN3. The molecule has 0 rings (SSSR count). The van der Waals surface area contributed by atoms with E-state index in [0.717, 1.165) is 0 Å². The number of rotatable bonds is 2. The Balaban J connectivity index is 0. The monoisotopic (exact) mass is 257 g/mol. The van der Waals surface area contributed by atoms with E-state index in [-0.39, 0.29) is 24.0 Å². The van der Waals surface area contributed by atoms with Crippen LogP contribution in [-0.2, 0) is 0 Å². The molecule has 0 spiro atoms. The first-order chi connectivity index (χ1) is 3.92. The molecule has 0 N–H and O–H groups in total. The van der Waals surface area contributed by atoms with Crippen molar-refractivity contribution in [3.05, 3.63) is 0 Å². The van der Waals surface area contributed by atoms with E-state index in [1.54, 1.807) is 6.34 Å². The Kier molecular flexibility index (Phi) is 6.27. The maximum absolute atomic E-state index is 4.19. The number of nitrogens with zero attached hydrogens (tertiary/aromatic N) is 3. The van der Waals surface area contributed by atoms with Gasteiger partial charge >= 0.3 is 0 Å². The van der Waals surface area contributed by atoms with Gasteiger partial charge in [0.15, 0.2) is 0 Å². The second-order valence-corrected chi connectivity index (χ2v) is 3.14. The van der Waals surface area contributed by atoms with Gasteiger partial charge in [0.25, 0.3) is 0 Å².